The van der Waals surface area contributed by atoms with Gasteiger partial charge < -0.3 is 10.6 Å². The van der Waals surface area contributed by atoms with E-state index in [-0.39, 0.29) is 24.0 Å². The van der Waals surface area contributed by atoms with Crippen LogP contribution in [0.5, 0.6) is 0 Å². The van der Waals surface area contributed by atoms with Crippen LogP contribution < -0.4 is 10.6 Å². The number of hydrogen-bond acceptors (Lipinski definition) is 3. The molecule has 0 fully saturated rings. The van der Waals surface area contributed by atoms with Gasteiger partial charge in [-0.2, -0.15) is 5.10 Å². The highest BCUT2D eigenvalue weighted by Gasteiger charge is 2.03. The van der Waals surface area contributed by atoms with Crippen molar-refractivity contribution in [1.82, 2.24) is 25.4 Å². The number of aliphatic imine (C=N–C) groups is 1. The summed E-state index contributed by atoms with van der Waals surface area (Å²) in [5.41, 5.74) is 0. The zero-order chi connectivity index (χ0) is 12.7. The molecule has 0 aliphatic carbocycles. The lowest BCUT2D eigenvalue weighted by molar-refractivity contribution is 0.621. The van der Waals surface area contributed by atoms with E-state index in [2.05, 4.69) is 46.5 Å². The van der Waals surface area contributed by atoms with E-state index < -0.39 is 0 Å². The summed E-state index contributed by atoms with van der Waals surface area (Å²) in [6.07, 6.45) is 2.61. The maximum absolute atomic E-state index is 4.48. The van der Waals surface area contributed by atoms with Crippen molar-refractivity contribution in [2.24, 2.45) is 12.0 Å². The molecule has 0 bridgehead atoms. The van der Waals surface area contributed by atoms with Crippen molar-refractivity contribution in [3.63, 3.8) is 0 Å². The summed E-state index contributed by atoms with van der Waals surface area (Å²) in [5.74, 6) is 1.68. The van der Waals surface area contributed by atoms with Gasteiger partial charge in [-0.05, 0) is 20.3 Å². The van der Waals surface area contributed by atoms with Crippen LogP contribution in [0.1, 0.15) is 33.0 Å². The molecule has 0 radical (unpaired) electrons. The van der Waals surface area contributed by atoms with Crippen molar-refractivity contribution in [3.05, 3.63) is 12.2 Å². The van der Waals surface area contributed by atoms with Crippen molar-refractivity contribution in [3.8, 4) is 0 Å². The molecule has 0 aromatic carbocycles. The first-order valence-electron chi connectivity index (χ1n) is 6.05. The van der Waals surface area contributed by atoms with Gasteiger partial charge in [0, 0.05) is 19.6 Å². The van der Waals surface area contributed by atoms with Crippen LogP contribution in [0.2, 0.25) is 0 Å². The Morgan fingerprint density at radius 2 is 2.22 bits per heavy atom. The first-order chi connectivity index (χ1) is 8.17. The van der Waals surface area contributed by atoms with Gasteiger partial charge in [0.15, 0.2) is 5.96 Å². The molecule has 0 aliphatic heterocycles. The second kappa shape index (κ2) is 9.12. The second-order valence-electron chi connectivity index (χ2n) is 3.95. The lowest BCUT2D eigenvalue weighted by atomic mass is 10.3. The Hall–Kier alpha value is -0.860. The predicted molar refractivity (Wildman–Crippen MR) is 84.1 cm³/mol. The van der Waals surface area contributed by atoms with E-state index in [0.29, 0.717) is 12.6 Å². The molecule has 7 heteroatoms. The third-order valence-corrected chi connectivity index (χ3v) is 2.52. The Morgan fingerprint density at radius 3 is 2.72 bits per heavy atom. The average molecular weight is 366 g/mol. The molecule has 1 heterocycles. The van der Waals surface area contributed by atoms with Crippen LogP contribution in [0.4, 0.5) is 0 Å². The fourth-order valence-electron chi connectivity index (χ4n) is 1.27. The minimum absolute atomic E-state index is 0. The molecule has 18 heavy (non-hydrogen) atoms. The fourth-order valence-corrected chi connectivity index (χ4v) is 1.27. The van der Waals surface area contributed by atoms with E-state index in [9.17, 15) is 0 Å². The van der Waals surface area contributed by atoms with Crippen LogP contribution >= 0.6 is 24.0 Å². The molecule has 0 aliphatic rings. The number of hydrogen-bond donors (Lipinski definition) is 2. The van der Waals surface area contributed by atoms with Gasteiger partial charge in [0.2, 0.25) is 0 Å². The molecule has 104 valence electrons. The number of guanidine groups is 1. The quantitative estimate of drug-likeness (QED) is 0.468. The van der Waals surface area contributed by atoms with Crippen LogP contribution in [0.3, 0.4) is 0 Å². The zero-order valence-corrected chi connectivity index (χ0v) is 13.8. The Bertz CT molecular complexity index is 362. The van der Waals surface area contributed by atoms with Crippen molar-refractivity contribution in [1.29, 1.82) is 0 Å². The molecule has 1 atom stereocenters. The lowest BCUT2D eigenvalue weighted by Gasteiger charge is -2.15. The molecule has 6 nitrogen and oxygen atoms in total. The Kier molecular flexibility index (Phi) is 8.69. The van der Waals surface area contributed by atoms with E-state index >= 15 is 0 Å². The number of rotatable bonds is 5. The fraction of sp³-hybridized carbons (Fsp3) is 0.727. The van der Waals surface area contributed by atoms with E-state index in [4.69, 9.17) is 0 Å². The van der Waals surface area contributed by atoms with Crippen LogP contribution in [-0.2, 0) is 13.6 Å². The summed E-state index contributed by atoms with van der Waals surface area (Å²) < 4.78 is 1.73. The summed E-state index contributed by atoms with van der Waals surface area (Å²) in [6.45, 7) is 7.71. The van der Waals surface area contributed by atoms with Crippen LogP contribution in [0.15, 0.2) is 11.3 Å². The minimum Gasteiger partial charge on any atom is -0.357 e. The largest absolute Gasteiger partial charge is 0.357 e. The maximum Gasteiger partial charge on any atom is 0.191 e. The molecular weight excluding hydrogens is 343 g/mol. The van der Waals surface area contributed by atoms with E-state index in [1.807, 2.05) is 7.05 Å². The van der Waals surface area contributed by atoms with Gasteiger partial charge in [-0.15, -0.1) is 24.0 Å². The van der Waals surface area contributed by atoms with Gasteiger partial charge in [-0.3, -0.25) is 4.68 Å². The monoisotopic (exact) mass is 366 g/mol. The van der Waals surface area contributed by atoms with Crippen LogP contribution in [0.25, 0.3) is 0 Å². The molecule has 2 N–H and O–H groups in total. The third-order valence-electron chi connectivity index (χ3n) is 2.52. The molecule has 1 unspecified atom stereocenters. The molecule has 1 aromatic heterocycles. The highest BCUT2D eigenvalue weighted by Crippen LogP contribution is 1.94. The number of nitrogens with zero attached hydrogens (tertiary/aromatic N) is 4. The first-order valence-corrected chi connectivity index (χ1v) is 6.05. The number of nitrogens with one attached hydrogen (secondary N) is 2. The summed E-state index contributed by atoms with van der Waals surface area (Å²) in [7, 11) is 1.87. The molecule has 1 rings (SSSR count). The number of aryl methyl sites for hydroxylation is 1. The Labute approximate surface area is 126 Å². The molecule has 1 aromatic rings. The van der Waals surface area contributed by atoms with E-state index in [1.54, 1.807) is 11.0 Å². The van der Waals surface area contributed by atoms with Crippen molar-refractivity contribution < 1.29 is 0 Å². The van der Waals surface area contributed by atoms with E-state index in [1.165, 1.54) is 0 Å². The standard InChI is InChI=1S/C11H22N6.HI/c1-5-9(3)16-11(12-6-2)13-7-10-14-8-15-17(10)4;/h8-9H,5-7H2,1-4H3,(H2,12,13,16);1H. The van der Waals surface area contributed by atoms with Crippen molar-refractivity contribution in [2.45, 2.75) is 39.8 Å². The highest BCUT2D eigenvalue weighted by atomic mass is 127. The van der Waals surface area contributed by atoms with Gasteiger partial charge in [-0.25, -0.2) is 9.98 Å². The summed E-state index contributed by atoms with van der Waals surface area (Å²) in [6, 6.07) is 0.410. The average Bonchev–Trinajstić information content (AvgIpc) is 2.72. The SMILES string of the molecule is CCNC(=NCc1ncnn1C)NC(C)CC.I. The first kappa shape index (κ1) is 17.1. The summed E-state index contributed by atoms with van der Waals surface area (Å²) in [4.78, 5) is 8.61. The molecule has 0 spiro atoms. The van der Waals surface area contributed by atoms with Crippen LogP contribution in [0, 0.1) is 0 Å². The normalized spacial score (nSPS) is 12.8. The van der Waals surface area contributed by atoms with E-state index in [0.717, 1.165) is 24.7 Å². The highest BCUT2D eigenvalue weighted by molar-refractivity contribution is 14.0. The number of aromatic nitrogens is 3. The molecular formula is C11H23IN6. The smallest absolute Gasteiger partial charge is 0.191 e. The summed E-state index contributed by atoms with van der Waals surface area (Å²) >= 11 is 0. The van der Waals surface area contributed by atoms with Gasteiger partial charge >= 0.3 is 0 Å². The zero-order valence-electron chi connectivity index (χ0n) is 11.5. The molecule has 0 saturated heterocycles. The maximum atomic E-state index is 4.48. The number of halogens is 1. The molecule has 0 saturated carbocycles. The van der Waals surface area contributed by atoms with Gasteiger partial charge in [0.05, 0.1) is 0 Å². The minimum atomic E-state index is 0. The summed E-state index contributed by atoms with van der Waals surface area (Å²) in [5, 5.41) is 10.6. The van der Waals surface area contributed by atoms with Crippen LogP contribution in [-0.4, -0.2) is 33.3 Å². The Morgan fingerprint density at radius 1 is 1.50 bits per heavy atom. The molecule has 0 amide bonds. The topological polar surface area (TPSA) is 67.1 Å². The van der Waals surface area contributed by atoms with Gasteiger partial charge in [0.1, 0.15) is 18.7 Å². The van der Waals surface area contributed by atoms with Gasteiger partial charge in [0.25, 0.3) is 0 Å². The Balaban J connectivity index is 0.00000289. The lowest BCUT2D eigenvalue weighted by Crippen LogP contribution is -2.42. The van der Waals surface area contributed by atoms with Crippen molar-refractivity contribution in [2.75, 3.05) is 6.54 Å². The van der Waals surface area contributed by atoms with Gasteiger partial charge in [-0.1, -0.05) is 6.92 Å². The predicted octanol–water partition coefficient (Wildman–Crippen LogP) is 1.29. The third kappa shape index (κ3) is 5.65. The second-order valence-corrected chi connectivity index (χ2v) is 3.95. The van der Waals surface area contributed by atoms with Crippen molar-refractivity contribution >= 4 is 29.9 Å².